The van der Waals surface area contributed by atoms with Gasteiger partial charge in [0.1, 0.15) is 36.8 Å². The van der Waals surface area contributed by atoms with Crippen LogP contribution >= 0.6 is 0 Å². The molecule has 0 aromatic rings. The average molecular weight is 891 g/mol. The number of aliphatic hydroxyl groups is 3. The van der Waals surface area contributed by atoms with Crippen molar-refractivity contribution in [3.05, 3.63) is 12.2 Å². The van der Waals surface area contributed by atoms with Gasteiger partial charge in [-0.05, 0) is 38.5 Å². The lowest BCUT2D eigenvalue weighted by Gasteiger charge is -2.40. The smallest absolute Gasteiger partial charge is 0.306 e. The van der Waals surface area contributed by atoms with Crippen LogP contribution in [0.3, 0.4) is 0 Å². The third-order valence-electron chi connectivity index (χ3n) is 11.6. The predicted molar refractivity (Wildman–Crippen MR) is 243 cm³/mol. The van der Waals surface area contributed by atoms with Crippen LogP contribution in [0.1, 0.15) is 226 Å². The van der Waals surface area contributed by atoms with Crippen molar-refractivity contribution in [3.63, 3.8) is 0 Å². The molecule has 4 N–H and O–H groups in total. The van der Waals surface area contributed by atoms with Crippen molar-refractivity contribution in [2.24, 2.45) is 0 Å². The Morgan fingerprint density at radius 3 is 1.36 bits per heavy atom. The molecule has 0 aromatic carbocycles. The Labute approximate surface area is 371 Å². The maximum atomic E-state index is 12.8. The number of carbonyl (C=O) groups is 2. The van der Waals surface area contributed by atoms with Gasteiger partial charge in [0.25, 0.3) is 10.1 Å². The summed E-state index contributed by atoms with van der Waals surface area (Å²) in [5, 5.41) is 30.9. The van der Waals surface area contributed by atoms with Gasteiger partial charge in [-0.15, -0.1) is 0 Å². The Kier molecular flexibility index (Phi) is 36.5. The highest BCUT2D eigenvalue weighted by molar-refractivity contribution is 7.85. The number of hydrogen-bond acceptors (Lipinski definition) is 11. The maximum Gasteiger partial charge on any atom is 0.306 e. The fourth-order valence-electron chi connectivity index (χ4n) is 7.73. The molecule has 1 saturated heterocycles. The van der Waals surface area contributed by atoms with Gasteiger partial charge in [0.05, 0.1) is 6.61 Å². The van der Waals surface area contributed by atoms with Gasteiger partial charge in [-0.3, -0.25) is 14.1 Å². The number of rotatable bonds is 42. The van der Waals surface area contributed by atoms with E-state index in [9.17, 15) is 37.9 Å². The molecule has 0 bridgehead atoms. The maximum absolute atomic E-state index is 12.8. The Bertz CT molecular complexity index is 1180. The SMILES string of the molecule is CCCCCCCC/C=C\CCCCCCCC(=O)OC(COC(=O)CCCCCCCCCCCCCCCCCCCC)COC1OC(CS(=O)(=O)O)C(O)C(O)C1O. The average Bonchev–Trinajstić information content (AvgIpc) is 3.22. The monoisotopic (exact) mass is 891 g/mol. The number of aliphatic hydroxyl groups excluding tert-OH is 3. The predicted octanol–water partition coefficient (Wildman–Crippen LogP) is 10.6. The third kappa shape index (κ3) is 33.6. The summed E-state index contributed by atoms with van der Waals surface area (Å²) >= 11 is 0. The van der Waals surface area contributed by atoms with Crippen molar-refractivity contribution in [2.75, 3.05) is 19.0 Å². The van der Waals surface area contributed by atoms with E-state index in [1.165, 1.54) is 128 Å². The van der Waals surface area contributed by atoms with E-state index < -0.39 is 71.2 Å². The first-order chi connectivity index (χ1) is 29.5. The van der Waals surface area contributed by atoms with Crippen molar-refractivity contribution in [1.29, 1.82) is 0 Å². The molecule has 0 spiro atoms. The molecule has 0 aliphatic carbocycles. The van der Waals surface area contributed by atoms with E-state index in [1.807, 2.05) is 0 Å². The lowest BCUT2D eigenvalue weighted by Crippen LogP contribution is -2.60. The topological polar surface area (TPSA) is 186 Å². The molecule has 13 heteroatoms. The van der Waals surface area contributed by atoms with Crippen LogP contribution in [0, 0.1) is 0 Å². The number of allylic oxidation sites excluding steroid dienone is 2. The third-order valence-corrected chi connectivity index (χ3v) is 12.3. The molecule has 1 heterocycles. The molecule has 12 nitrogen and oxygen atoms in total. The first kappa shape index (κ1) is 57.4. The Hall–Kier alpha value is -1.61. The summed E-state index contributed by atoms with van der Waals surface area (Å²) in [6.07, 6.45) is 32.5. The zero-order valence-electron chi connectivity index (χ0n) is 38.5. The number of esters is 2. The van der Waals surface area contributed by atoms with Crippen LogP contribution in [-0.2, 0) is 38.7 Å². The highest BCUT2D eigenvalue weighted by Gasteiger charge is 2.46. The summed E-state index contributed by atoms with van der Waals surface area (Å²) in [7, 11) is -4.60. The van der Waals surface area contributed by atoms with Gasteiger partial charge >= 0.3 is 11.9 Å². The molecule has 0 amide bonds. The van der Waals surface area contributed by atoms with E-state index in [0.29, 0.717) is 12.8 Å². The Morgan fingerprint density at radius 1 is 0.541 bits per heavy atom. The lowest BCUT2D eigenvalue weighted by molar-refractivity contribution is -0.297. The van der Waals surface area contributed by atoms with Gasteiger partial charge in [0.15, 0.2) is 12.4 Å². The molecular weight excluding hydrogens is 801 g/mol. The van der Waals surface area contributed by atoms with Gasteiger partial charge in [0, 0.05) is 12.8 Å². The number of unbranched alkanes of at least 4 members (excludes halogenated alkanes) is 28. The van der Waals surface area contributed by atoms with Crippen LogP contribution in [0.4, 0.5) is 0 Å². The minimum Gasteiger partial charge on any atom is -0.462 e. The van der Waals surface area contributed by atoms with E-state index in [-0.39, 0.29) is 19.4 Å². The van der Waals surface area contributed by atoms with Crippen molar-refractivity contribution in [3.8, 4) is 0 Å². The fraction of sp³-hybridized carbons (Fsp3) is 0.917. The largest absolute Gasteiger partial charge is 0.462 e. The Morgan fingerprint density at radius 2 is 0.934 bits per heavy atom. The van der Waals surface area contributed by atoms with Crippen LogP contribution in [-0.4, -0.2) is 96.0 Å². The van der Waals surface area contributed by atoms with Gasteiger partial charge in [-0.25, -0.2) is 0 Å². The summed E-state index contributed by atoms with van der Waals surface area (Å²) in [6, 6.07) is 0. The van der Waals surface area contributed by atoms with Crippen LogP contribution in [0.2, 0.25) is 0 Å². The van der Waals surface area contributed by atoms with Gasteiger partial charge < -0.3 is 34.3 Å². The summed E-state index contributed by atoms with van der Waals surface area (Å²) in [6.45, 7) is 3.78. The number of ether oxygens (including phenoxy) is 4. The molecule has 1 fully saturated rings. The number of carbonyl (C=O) groups excluding carboxylic acids is 2. The summed E-state index contributed by atoms with van der Waals surface area (Å²) in [5.74, 6) is -1.98. The second-order valence-corrected chi connectivity index (χ2v) is 19.0. The summed E-state index contributed by atoms with van der Waals surface area (Å²) < 4.78 is 54.2. The minimum atomic E-state index is -4.60. The molecule has 6 atom stereocenters. The van der Waals surface area contributed by atoms with Crippen molar-refractivity contribution >= 4 is 22.1 Å². The van der Waals surface area contributed by atoms with E-state index in [4.69, 9.17) is 18.9 Å². The second kappa shape index (κ2) is 38.8. The first-order valence-corrected chi connectivity index (χ1v) is 26.4. The van der Waals surface area contributed by atoms with E-state index >= 15 is 0 Å². The Balaban J connectivity index is 2.39. The quantitative estimate of drug-likeness (QED) is 0.0197. The van der Waals surface area contributed by atoms with Gasteiger partial charge in [-0.2, -0.15) is 8.42 Å². The van der Waals surface area contributed by atoms with Crippen LogP contribution in [0.15, 0.2) is 12.2 Å². The van der Waals surface area contributed by atoms with Crippen molar-refractivity contribution < 1.29 is 56.8 Å². The summed E-state index contributed by atoms with van der Waals surface area (Å²) in [4.78, 5) is 25.5. The molecule has 6 unspecified atom stereocenters. The molecule has 0 saturated carbocycles. The van der Waals surface area contributed by atoms with Crippen molar-refractivity contribution in [2.45, 2.75) is 263 Å². The normalized spacial score (nSPS) is 20.0. The van der Waals surface area contributed by atoms with E-state index in [1.54, 1.807) is 0 Å². The zero-order valence-corrected chi connectivity index (χ0v) is 39.4. The molecular formula is C48H90O12S. The highest BCUT2D eigenvalue weighted by Crippen LogP contribution is 2.24. The van der Waals surface area contributed by atoms with Crippen LogP contribution < -0.4 is 0 Å². The molecule has 1 aliphatic rings. The zero-order chi connectivity index (χ0) is 44.8. The van der Waals surface area contributed by atoms with Crippen molar-refractivity contribution in [1.82, 2.24) is 0 Å². The fourth-order valence-corrected chi connectivity index (χ4v) is 8.42. The molecule has 0 radical (unpaired) electrons. The van der Waals surface area contributed by atoms with Gasteiger partial charge in [-0.1, -0.05) is 187 Å². The standard InChI is InChI=1S/C48H90O12S/c1-3-5-7-9-11-13-15-17-19-20-21-23-24-26-28-30-32-34-36-43(49)57-38-41(39-58-48-47(53)46(52)45(51)42(60-48)40-61(54,55)56)59-44(50)37-35-33-31-29-27-25-22-18-16-14-12-10-8-6-4-2/h18,22,41-42,45-48,51-53H,3-17,19-21,23-40H2,1-2H3,(H,54,55,56)/b22-18-. The van der Waals surface area contributed by atoms with E-state index in [2.05, 4.69) is 26.0 Å². The number of hydrogen-bond donors (Lipinski definition) is 4. The summed E-state index contributed by atoms with van der Waals surface area (Å²) in [5.41, 5.74) is 0. The molecule has 1 aliphatic heterocycles. The molecule has 61 heavy (non-hydrogen) atoms. The molecule has 0 aromatic heterocycles. The molecule has 360 valence electrons. The first-order valence-electron chi connectivity index (χ1n) is 24.7. The van der Waals surface area contributed by atoms with E-state index in [0.717, 1.165) is 57.8 Å². The van der Waals surface area contributed by atoms with Gasteiger partial charge in [0.2, 0.25) is 0 Å². The minimum absolute atomic E-state index is 0.159. The van der Waals surface area contributed by atoms with Crippen LogP contribution in [0.25, 0.3) is 0 Å². The second-order valence-electron chi connectivity index (χ2n) is 17.5. The highest BCUT2D eigenvalue weighted by atomic mass is 32.2. The van der Waals surface area contributed by atoms with Crippen LogP contribution in [0.5, 0.6) is 0 Å². The lowest BCUT2D eigenvalue weighted by atomic mass is 10.00. The molecule has 1 rings (SSSR count).